The third-order valence-electron chi connectivity index (χ3n) is 2.50. The van der Waals surface area contributed by atoms with Crippen LogP contribution in [0.5, 0.6) is 0 Å². The SMILES string of the molecule is O=S(=O)(CCCO)CC1CCCNC1. The summed E-state index contributed by atoms with van der Waals surface area (Å²) in [5, 5.41) is 11.8. The molecule has 84 valence electrons. The summed E-state index contributed by atoms with van der Waals surface area (Å²) < 4.78 is 23.0. The van der Waals surface area contributed by atoms with E-state index in [1.807, 2.05) is 0 Å². The Balaban J connectivity index is 2.33. The van der Waals surface area contributed by atoms with E-state index in [-0.39, 0.29) is 24.0 Å². The van der Waals surface area contributed by atoms with Crippen LogP contribution in [-0.2, 0) is 9.84 Å². The summed E-state index contributed by atoms with van der Waals surface area (Å²) in [6, 6.07) is 0. The fraction of sp³-hybridized carbons (Fsp3) is 1.00. The molecule has 0 bridgehead atoms. The number of piperidine rings is 1. The van der Waals surface area contributed by atoms with Gasteiger partial charge in [-0.15, -0.1) is 0 Å². The molecule has 4 nitrogen and oxygen atoms in total. The van der Waals surface area contributed by atoms with Crippen LogP contribution < -0.4 is 5.32 Å². The van der Waals surface area contributed by atoms with Crippen molar-refractivity contribution in [3.05, 3.63) is 0 Å². The molecule has 1 unspecified atom stereocenters. The summed E-state index contributed by atoms with van der Waals surface area (Å²) in [6.07, 6.45) is 2.44. The first-order valence-corrected chi connectivity index (χ1v) is 6.98. The molecule has 1 aliphatic rings. The molecule has 0 aliphatic carbocycles. The second-order valence-corrected chi connectivity index (χ2v) is 6.13. The van der Waals surface area contributed by atoms with Gasteiger partial charge in [0.2, 0.25) is 0 Å². The number of nitrogens with one attached hydrogen (secondary N) is 1. The zero-order chi connectivity index (χ0) is 10.4. The van der Waals surface area contributed by atoms with Crippen LogP contribution in [0, 0.1) is 5.92 Å². The maximum absolute atomic E-state index is 11.5. The smallest absolute Gasteiger partial charge is 0.150 e. The Kier molecular flexibility index (Phi) is 4.84. The highest BCUT2D eigenvalue weighted by Gasteiger charge is 2.20. The normalized spacial score (nSPS) is 23.6. The lowest BCUT2D eigenvalue weighted by molar-refractivity contribution is 0.295. The van der Waals surface area contributed by atoms with E-state index in [0.717, 1.165) is 25.9 Å². The molecule has 1 rings (SSSR count). The van der Waals surface area contributed by atoms with Gasteiger partial charge in [0.25, 0.3) is 0 Å². The maximum Gasteiger partial charge on any atom is 0.150 e. The van der Waals surface area contributed by atoms with Crippen molar-refractivity contribution < 1.29 is 13.5 Å². The molecule has 1 saturated heterocycles. The van der Waals surface area contributed by atoms with Crippen molar-refractivity contribution in [2.45, 2.75) is 19.3 Å². The molecule has 0 aromatic rings. The molecule has 0 radical (unpaired) electrons. The van der Waals surface area contributed by atoms with E-state index in [0.29, 0.717) is 6.42 Å². The summed E-state index contributed by atoms with van der Waals surface area (Å²) in [5.74, 6) is 0.674. The van der Waals surface area contributed by atoms with E-state index in [9.17, 15) is 8.42 Å². The molecule has 0 saturated carbocycles. The summed E-state index contributed by atoms with van der Waals surface area (Å²) in [7, 11) is -2.94. The molecule has 14 heavy (non-hydrogen) atoms. The Hall–Kier alpha value is -0.130. The van der Waals surface area contributed by atoms with Crippen LogP contribution in [-0.4, -0.2) is 44.7 Å². The Bertz CT molecular complexity index is 245. The molecular formula is C9H19NO3S. The number of sulfone groups is 1. The Morgan fingerprint density at radius 3 is 2.79 bits per heavy atom. The molecule has 1 heterocycles. The quantitative estimate of drug-likeness (QED) is 0.674. The van der Waals surface area contributed by atoms with E-state index in [4.69, 9.17) is 5.11 Å². The van der Waals surface area contributed by atoms with Gasteiger partial charge in [-0.2, -0.15) is 0 Å². The minimum Gasteiger partial charge on any atom is -0.396 e. The monoisotopic (exact) mass is 221 g/mol. The van der Waals surface area contributed by atoms with Gasteiger partial charge >= 0.3 is 0 Å². The maximum atomic E-state index is 11.5. The van der Waals surface area contributed by atoms with Crippen LogP contribution in [0.15, 0.2) is 0 Å². The van der Waals surface area contributed by atoms with Crippen LogP contribution in [0.4, 0.5) is 0 Å². The first-order chi connectivity index (χ1) is 6.64. The molecule has 0 aromatic heterocycles. The summed E-state index contributed by atoms with van der Waals surface area (Å²) in [5.41, 5.74) is 0. The van der Waals surface area contributed by atoms with Gasteiger partial charge in [0.05, 0.1) is 11.5 Å². The van der Waals surface area contributed by atoms with E-state index < -0.39 is 9.84 Å². The molecule has 1 fully saturated rings. The highest BCUT2D eigenvalue weighted by Crippen LogP contribution is 2.13. The van der Waals surface area contributed by atoms with E-state index in [1.54, 1.807) is 0 Å². The van der Waals surface area contributed by atoms with E-state index >= 15 is 0 Å². The molecular weight excluding hydrogens is 202 g/mol. The molecule has 0 spiro atoms. The Morgan fingerprint density at radius 2 is 2.21 bits per heavy atom. The minimum absolute atomic E-state index is 0.0395. The first-order valence-electron chi connectivity index (χ1n) is 5.16. The Morgan fingerprint density at radius 1 is 1.43 bits per heavy atom. The zero-order valence-corrected chi connectivity index (χ0v) is 9.22. The van der Waals surface area contributed by atoms with Crippen molar-refractivity contribution in [2.24, 2.45) is 5.92 Å². The predicted octanol–water partition coefficient (Wildman–Crippen LogP) is -0.217. The van der Waals surface area contributed by atoms with Crippen LogP contribution in [0.2, 0.25) is 0 Å². The third-order valence-corrected chi connectivity index (χ3v) is 4.39. The van der Waals surface area contributed by atoms with Crippen LogP contribution >= 0.6 is 0 Å². The molecule has 5 heteroatoms. The van der Waals surface area contributed by atoms with Crippen LogP contribution in [0.25, 0.3) is 0 Å². The molecule has 2 N–H and O–H groups in total. The van der Waals surface area contributed by atoms with Gasteiger partial charge in [-0.05, 0) is 38.3 Å². The highest BCUT2D eigenvalue weighted by atomic mass is 32.2. The predicted molar refractivity (Wildman–Crippen MR) is 56.0 cm³/mol. The topological polar surface area (TPSA) is 66.4 Å². The summed E-state index contributed by atoms with van der Waals surface area (Å²) >= 11 is 0. The standard InChI is InChI=1S/C9H19NO3S/c11-5-2-6-14(12,13)8-9-3-1-4-10-7-9/h9-11H,1-8H2. The number of rotatable bonds is 5. The third kappa shape index (κ3) is 4.39. The van der Waals surface area contributed by atoms with Gasteiger partial charge in [-0.25, -0.2) is 8.42 Å². The first kappa shape index (κ1) is 11.9. The number of hydrogen-bond donors (Lipinski definition) is 2. The van der Waals surface area contributed by atoms with Crippen molar-refractivity contribution in [2.75, 3.05) is 31.2 Å². The zero-order valence-electron chi connectivity index (χ0n) is 8.41. The number of aliphatic hydroxyl groups excluding tert-OH is 1. The largest absolute Gasteiger partial charge is 0.396 e. The minimum atomic E-state index is -2.94. The van der Waals surface area contributed by atoms with Crippen molar-refractivity contribution in [3.63, 3.8) is 0 Å². The van der Waals surface area contributed by atoms with Gasteiger partial charge in [0.1, 0.15) is 0 Å². The van der Waals surface area contributed by atoms with Gasteiger partial charge in [0, 0.05) is 6.61 Å². The second-order valence-electron chi connectivity index (χ2n) is 3.90. The lowest BCUT2D eigenvalue weighted by Gasteiger charge is -2.22. The van der Waals surface area contributed by atoms with E-state index in [2.05, 4.69) is 5.32 Å². The Labute approximate surface area is 85.6 Å². The van der Waals surface area contributed by atoms with E-state index in [1.165, 1.54) is 0 Å². The average Bonchev–Trinajstić information content (AvgIpc) is 2.16. The summed E-state index contributed by atoms with van der Waals surface area (Å²) in [4.78, 5) is 0. The van der Waals surface area contributed by atoms with Gasteiger partial charge in [-0.3, -0.25) is 0 Å². The molecule has 1 aliphatic heterocycles. The van der Waals surface area contributed by atoms with Gasteiger partial charge in [-0.1, -0.05) is 0 Å². The average molecular weight is 221 g/mol. The number of aliphatic hydroxyl groups is 1. The van der Waals surface area contributed by atoms with Crippen molar-refractivity contribution in [1.82, 2.24) is 5.32 Å². The fourth-order valence-corrected chi connectivity index (χ4v) is 3.53. The lowest BCUT2D eigenvalue weighted by Crippen LogP contribution is -2.34. The molecule has 0 aromatic carbocycles. The second kappa shape index (κ2) is 5.68. The lowest BCUT2D eigenvalue weighted by atomic mass is 10.0. The van der Waals surface area contributed by atoms with Crippen molar-refractivity contribution in [1.29, 1.82) is 0 Å². The summed E-state index contributed by atoms with van der Waals surface area (Å²) in [6.45, 7) is 1.79. The number of hydrogen-bond acceptors (Lipinski definition) is 4. The molecule has 0 amide bonds. The van der Waals surface area contributed by atoms with Gasteiger partial charge in [0.15, 0.2) is 9.84 Å². The van der Waals surface area contributed by atoms with Crippen molar-refractivity contribution in [3.8, 4) is 0 Å². The van der Waals surface area contributed by atoms with Crippen LogP contribution in [0.3, 0.4) is 0 Å². The van der Waals surface area contributed by atoms with Crippen LogP contribution in [0.1, 0.15) is 19.3 Å². The van der Waals surface area contributed by atoms with Gasteiger partial charge < -0.3 is 10.4 Å². The molecule has 1 atom stereocenters. The van der Waals surface area contributed by atoms with Crippen molar-refractivity contribution >= 4 is 9.84 Å². The fourth-order valence-electron chi connectivity index (χ4n) is 1.79. The highest BCUT2D eigenvalue weighted by molar-refractivity contribution is 7.91.